The lowest BCUT2D eigenvalue weighted by atomic mass is 9.97. The number of nitrogens with one attached hydrogen (secondary N) is 2. The van der Waals surface area contributed by atoms with Gasteiger partial charge in [0.25, 0.3) is 0 Å². The summed E-state index contributed by atoms with van der Waals surface area (Å²) >= 11 is 0. The van der Waals surface area contributed by atoms with Crippen LogP contribution in [0.3, 0.4) is 0 Å². The van der Waals surface area contributed by atoms with E-state index < -0.39 is 0 Å². The maximum atomic E-state index is 4.35. The van der Waals surface area contributed by atoms with Gasteiger partial charge in [-0.05, 0) is 37.3 Å². The number of guanidine groups is 1. The van der Waals surface area contributed by atoms with E-state index in [1.54, 1.807) is 0 Å². The average Bonchev–Trinajstić information content (AvgIpc) is 3.08. The first-order chi connectivity index (χ1) is 12.8. The number of aryl methyl sites for hydroxylation is 1. The van der Waals surface area contributed by atoms with Crippen molar-refractivity contribution in [2.24, 2.45) is 10.9 Å². The third-order valence-electron chi connectivity index (χ3n) is 4.70. The Kier molecular flexibility index (Phi) is 12.0. The summed E-state index contributed by atoms with van der Waals surface area (Å²) in [5, 5.41) is 15.4. The lowest BCUT2D eigenvalue weighted by molar-refractivity contribution is 0.423. The molecule has 7 heteroatoms. The second-order valence-corrected chi connectivity index (χ2v) is 6.83. The largest absolute Gasteiger partial charge is 0.356 e. The van der Waals surface area contributed by atoms with Gasteiger partial charge in [-0.25, -0.2) is 0 Å². The SMILES string of the molecule is CCCCC(CCC)CNC(=NC)NCCCc1nnc2ccccn12.I. The van der Waals surface area contributed by atoms with E-state index in [-0.39, 0.29) is 24.0 Å². The minimum atomic E-state index is 0. The predicted octanol–water partition coefficient (Wildman–Crippen LogP) is 4.05. The van der Waals surface area contributed by atoms with Crippen LogP contribution in [0.15, 0.2) is 29.4 Å². The van der Waals surface area contributed by atoms with Crippen LogP contribution in [0.2, 0.25) is 0 Å². The van der Waals surface area contributed by atoms with Crippen molar-refractivity contribution in [1.29, 1.82) is 0 Å². The highest BCUT2D eigenvalue weighted by molar-refractivity contribution is 14.0. The lowest BCUT2D eigenvalue weighted by Crippen LogP contribution is -2.40. The zero-order valence-electron chi connectivity index (χ0n) is 16.9. The van der Waals surface area contributed by atoms with Crippen molar-refractivity contribution in [2.45, 2.75) is 58.8 Å². The molecule has 1 atom stereocenters. The fourth-order valence-corrected chi connectivity index (χ4v) is 3.23. The molecular weight excluding hydrogens is 451 g/mol. The predicted molar refractivity (Wildman–Crippen MR) is 124 cm³/mol. The Morgan fingerprint density at radius 2 is 1.96 bits per heavy atom. The summed E-state index contributed by atoms with van der Waals surface area (Å²) in [5.74, 6) is 2.64. The molecule has 0 fully saturated rings. The molecule has 2 aromatic heterocycles. The molecule has 0 aliphatic rings. The summed E-state index contributed by atoms with van der Waals surface area (Å²) in [6, 6.07) is 5.97. The molecule has 0 spiro atoms. The standard InChI is InChI=1S/C20H34N6.HI/c1-4-6-11-17(10-5-2)16-23-20(21-3)22-14-9-13-19-25-24-18-12-7-8-15-26(18)19;/h7-8,12,15,17H,4-6,9-11,13-14,16H2,1-3H3,(H2,21,22,23);1H. The van der Waals surface area contributed by atoms with Gasteiger partial charge in [0.15, 0.2) is 11.6 Å². The van der Waals surface area contributed by atoms with E-state index in [0.29, 0.717) is 0 Å². The second kappa shape index (κ2) is 13.7. The van der Waals surface area contributed by atoms with Gasteiger partial charge in [-0.1, -0.05) is 39.2 Å². The van der Waals surface area contributed by atoms with Crippen molar-refractivity contribution in [2.75, 3.05) is 20.1 Å². The highest BCUT2D eigenvalue weighted by atomic mass is 127. The van der Waals surface area contributed by atoms with Crippen LogP contribution < -0.4 is 10.6 Å². The molecule has 0 aliphatic heterocycles. The summed E-state index contributed by atoms with van der Waals surface area (Å²) in [6.07, 6.45) is 10.3. The Labute approximate surface area is 180 Å². The summed E-state index contributed by atoms with van der Waals surface area (Å²) in [5.41, 5.74) is 0.905. The van der Waals surface area contributed by atoms with Crippen LogP contribution >= 0.6 is 24.0 Å². The Morgan fingerprint density at radius 3 is 2.70 bits per heavy atom. The van der Waals surface area contributed by atoms with E-state index in [4.69, 9.17) is 0 Å². The summed E-state index contributed by atoms with van der Waals surface area (Å²) in [7, 11) is 1.84. The molecule has 2 rings (SSSR count). The van der Waals surface area contributed by atoms with Gasteiger partial charge in [0, 0.05) is 32.8 Å². The first-order valence-corrected chi connectivity index (χ1v) is 10.0. The molecule has 6 nitrogen and oxygen atoms in total. The molecule has 0 saturated heterocycles. The third-order valence-corrected chi connectivity index (χ3v) is 4.70. The molecule has 2 heterocycles. The van der Waals surface area contributed by atoms with Gasteiger partial charge in [0.1, 0.15) is 5.82 Å². The van der Waals surface area contributed by atoms with Crippen molar-refractivity contribution in [1.82, 2.24) is 25.2 Å². The number of aromatic nitrogens is 3. The first kappa shape index (κ1) is 23.7. The fourth-order valence-electron chi connectivity index (χ4n) is 3.23. The molecule has 0 saturated carbocycles. The van der Waals surface area contributed by atoms with Gasteiger partial charge in [0.05, 0.1) is 0 Å². The van der Waals surface area contributed by atoms with Crippen molar-refractivity contribution in [3.8, 4) is 0 Å². The Hall–Kier alpha value is -1.38. The van der Waals surface area contributed by atoms with E-state index in [0.717, 1.165) is 49.3 Å². The van der Waals surface area contributed by atoms with Gasteiger partial charge in [-0.2, -0.15) is 0 Å². The molecule has 0 bridgehead atoms. The highest BCUT2D eigenvalue weighted by Gasteiger charge is 2.09. The topological polar surface area (TPSA) is 66.6 Å². The number of halogens is 1. The zero-order valence-corrected chi connectivity index (χ0v) is 19.3. The van der Waals surface area contributed by atoms with Crippen LogP contribution in [-0.2, 0) is 6.42 Å². The van der Waals surface area contributed by atoms with Crippen LogP contribution in [-0.4, -0.2) is 40.7 Å². The molecule has 0 aliphatic carbocycles. The maximum absolute atomic E-state index is 4.35. The number of hydrogen-bond donors (Lipinski definition) is 2. The number of unbranched alkanes of at least 4 members (excludes halogenated alkanes) is 1. The zero-order chi connectivity index (χ0) is 18.6. The Balaban J connectivity index is 0.00000364. The van der Waals surface area contributed by atoms with Crippen LogP contribution in [0.1, 0.15) is 58.2 Å². The minimum absolute atomic E-state index is 0. The molecular formula is C20H35IN6. The summed E-state index contributed by atoms with van der Waals surface area (Å²) in [6.45, 7) is 6.40. The molecule has 0 radical (unpaired) electrons. The van der Waals surface area contributed by atoms with Gasteiger partial charge in [-0.3, -0.25) is 9.39 Å². The first-order valence-electron chi connectivity index (χ1n) is 10.0. The number of nitrogens with zero attached hydrogens (tertiary/aromatic N) is 4. The molecule has 27 heavy (non-hydrogen) atoms. The number of rotatable bonds is 11. The second-order valence-electron chi connectivity index (χ2n) is 6.83. The van der Waals surface area contributed by atoms with Crippen molar-refractivity contribution >= 4 is 35.6 Å². The number of aliphatic imine (C=N–C) groups is 1. The van der Waals surface area contributed by atoms with Gasteiger partial charge in [0.2, 0.25) is 0 Å². The quantitative estimate of drug-likeness (QED) is 0.218. The van der Waals surface area contributed by atoms with Crippen LogP contribution in [0.4, 0.5) is 0 Å². The van der Waals surface area contributed by atoms with Gasteiger partial charge in [-0.15, -0.1) is 34.2 Å². The van der Waals surface area contributed by atoms with E-state index in [1.165, 1.54) is 32.1 Å². The third kappa shape index (κ3) is 8.02. The number of hydrogen-bond acceptors (Lipinski definition) is 3. The van der Waals surface area contributed by atoms with E-state index in [2.05, 4.69) is 44.1 Å². The Bertz CT molecular complexity index is 669. The van der Waals surface area contributed by atoms with Crippen molar-refractivity contribution in [3.05, 3.63) is 30.2 Å². The van der Waals surface area contributed by atoms with Crippen molar-refractivity contribution in [3.63, 3.8) is 0 Å². The summed E-state index contributed by atoms with van der Waals surface area (Å²) in [4.78, 5) is 4.35. The monoisotopic (exact) mass is 486 g/mol. The number of fused-ring (bicyclic) bond motifs is 1. The maximum Gasteiger partial charge on any atom is 0.190 e. The van der Waals surface area contributed by atoms with Gasteiger partial charge < -0.3 is 10.6 Å². The summed E-state index contributed by atoms with van der Waals surface area (Å²) < 4.78 is 2.05. The van der Waals surface area contributed by atoms with Crippen LogP contribution in [0.5, 0.6) is 0 Å². The van der Waals surface area contributed by atoms with Crippen LogP contribution in [0, 0.1) is 5.92 Å². The molecule has 152 valence electrons. The lowest BCUT2D eigenvalue weighted by Gasteiger charge is -2.19. The van der Waals surface area contributed by atoms with Crippen molar-refractivity contribution < 1.29 is 0 Å². The molecule has 2 aromatic rings. The highest BCUT2D eigenvalue weighted by Crippen LogP contribution is 2.13. The van der Waals surface area contributed by atoms with E-state index >= 15 is 0 Å². The van der Waals surface area contributed by atoms with Gasteiger partial charge >= 0.3 is 0 Å². The molecule has 0 aromatic carbocycles. The van der Waals surface area contributed by atoms with Crippen LogP contribution in [0.25, 0.3) is 5.65 Å². The minimum Gasteiger partial charge on any atom is -0.356 e. The molecule has 0 amide bonds. The molecule has 2 N–H and O–H groups in total. The fraction of sp³-hybridized carbons (Fsp3) is 0.650. The Morgan fingerprint density at radius 1 is 1.11 bits per heavy atom. The molecule has 1 unspecified atom stereocenters. The van der Waals surface area contributed by atoms with E-state index in [1.807, 2.05) is 31.4 Å². The number of pyridine rings is 1. The average molecular weight is 486 g/mol. The smallest absolute Gasteiger partial charge is 0.190 e. The normalized spacial score (nSPS) is 12.6. The van der Waals surface area contributed by atoms with E-state index in [9.17, 15) is 0 Å².